The molecule has 3 aliphatic rings. The molecule has 0 aliphatic heterocycles. The smallest absolute Gasteiger partial charge is 0.186 e. The van der Waals surface area contributed by atoms with Crippen LogP contribution in [0.15, 0.2) is 52.9 Å². The summed E-state index contributed by atoms with van der Waals surface area (Å²) in [5.41, 5.74) is 13.1. The highest BCUT2D eigenvalue weighted by molar-refractivity contribution is 6.05. The van der Waals surface area contributed by atoms with Crippen molar-refractivity contribution in [3.8, 4) is 22.5 Å². The molecule has 1 fully saturated rings. The van der Waals surface area contributed by atoms with Crippen LogP contribution in [0.25, 0.3) is 44.2 Å². The molecular weight excluding hydrogens is 528 g/mol. The van der Waals surface area contributed by atoms with Gasteiger partial charge in [0.05, 0.1) is 10.8 Å². The first-order valence-corrected chi connectivity index (χ1v) is 15.8. The van der Waals surface area contributed by atoms with E-state index in [9.17, 15) is 5.11 Å². The zero-order chi connectivity index (χ0) is 30.6. The Hall–Kier alpha value is -3.40. The van der Waals surface area contributed by atoms with E-state index < -0.39 is 16.6 Å². The Morgan fingerprint density at radius 1 is 0.791 bits per heavy atom. The Morgan fingerprint density at radius 2 is 1.51 bits per heavy atom. The molecule has 0 bridgehead atoms. The Balaban J connectivity index is 1.50. The minimum Gasteiger partial charge on any atom is -0.456 e. The number of rotatable bonds is 3. The summed E-state index contributed by atoms with van der Waals surface area (Å²) in [5, 5.41) is 16.1. The third-order valence-corrected chi connectivity index (χ3v) is 11.8. The molecule has 1 saturated carbocycles. The molecule has 3 unspecified atom stereocenters. The number of aliphatic hydroxyl groups is 1. The molecule has 0 radical (unpaired) electrons. The third-order valence-electron chi connectivity index (χ3n) is 11.8. The highest BCUT2D eigenvalue weighted by atomic mass is 16.6. The van der Waals surface area contributed by atoms with Gasteiger partial charge in [0.1, 0.15) is 11.3 Å². The van der Waals surface area contributed by atoms with Gasteiger partial charge in [-0.15, -0.1) is 0 Å². The molecule has 1 N–H and O–H groups in total. The fourth-order valence-electron chi connectivity index (χ4n) is 9.87. The van der Waals surface area contributed by atoms with E-state index in [4.69, 9.17) is 9.15 Å². The van der Waals surface area contributed by atoms with Crippen molar-refractivity contribution in [2.24, 2.45) is 5.92 Å². The van der Waals surface area contributed by atoms with E-state index in [0.29, 0.717) is 5.92 Å². The standard InChI is InChI=1S/C40H42O3/c1-20(2)15-24-11-14-30-26(19-24)35-36(43-30)25-12-13-29-32(34(25)37(35,6)7)28-18-23(5)31-22(4)16-21(3)17-27(31)33(28)39(9)38(29,8)40(39,41)42-10/h11-14,16-20,41H,15H2,1-10H3. The predicted octanol–water partition coefficient (Wildman–Crippen LogP) is 9.56. The fraction of sp³-hybridized carbons (Fsp3) is 0.400. The van der Waals surface area contributed by atoms with Gasteiger partial charge in [0.25, 0.3) is 0 Å². The molecule has 8 rings (SSSR count). The van der Waals surface area contributed by atoms with E-state index in [1.54, 1.807) is 7.11 Å². The van der Waals surface area contributed by atoms with Gasteiger partial charge in [-0.05, 0) is 114 Å². The van der Waals surface area contributed by atoms with E-state index >= 15 is 0 Å². The number of furan rings is 1. The highest BCUT2D eigenvalue weighted by Gasteiger charge is 2.87. The Kier molecular flexibility index (Phi) is 5.05. The van der Waals surface area contributed by atoms with Crippen LogP contribution in [-0.4, -0.2) is 18.0 Å². The molecule has 0 spiro atoms. The van der Waals surface area contributed by atoms with Crippen molar-refractivity contribution in [1.29, 1.82) is 0 Å². The Morgan fingerprint density at radius 3 is 2.21 bits per heavy atom. The summed E-state index contributed by atoms with van der Waals surface area (Å²) in [6, 6.07) is 18.2. The van der Waals surface area contributed by atoms with Gasteiger partial charge in [-0.2, -0.15) is 0 Å². The van der Waals surface area contributed by atoms with Crippen LogP contribution in [0.5, 0.6) is 0 Å². The lowest BCUT2D eigenvalue weighted by Gasteiger charge is -2.35. The Labute approximate surface area is 254 Å². The second kappa shape index (κ2) is 8.00. The SMILES string of the molecule is COC1(O)C2(C)c3ccc4c(c3-c3cc(C)c5c(C)cc(C)cc5c3C12C)C(C)(C)c1c-4oc2ccc(CC(C)C)cc12. The molecular formula is C40H42O3. The van der Waals surface area contributed by atoms with Gasteiger partial charge in [-0.1, -0.05) is 69.7 Å². The van der Waals surface area contributed by atoms with Crippen LogP contribution >= 0.6 is 0 Å². The molecule has 43 heavy (non-hydrogen) atoms. The summed E-state index contributed by atoms with van der Waals surface area (Å²) in [7, 11) is 1.66. The molecule has 4 aromatic carbocycles. The molecule has 3 atom stereocenters. The average Bonchev–Trinajstić information content (AvgIpc) is 3.20. The molecule has 0 amide bonds. The van der Waals surface area contributed by atoms with Gasteiger partial charge >= 0.3 is 0 Å². The van der Waals surface area contributed by atoms with Crippen molar-refractivity contribution in [2.45, 2.75) is 90.8 Å². The van der Waals surface area contributed by atoms with Crippen molar-refractivity contribution >= 4 is 21.7 Å². The summed E-state index contributed by atoms with van der Waals surface area (Å²) in [6.45, 7) is 20.3. The zero-order valence-electron chi connectivity index (χ0n) is 27.2. The second-order valence-corrected chi connectivity index (χ2v) is 15.0. The summed E-state index contributed by atoms with van der Waals surface area (Å²) in [4.78, 5) is 0. The maximum atomic E-state index is 12.4. The van der Waals surface area contributed by atoms with Crippen LogP contribution in [0.2, 0.25) is 0 Å². The largest absolute Gasteiger partial charge is 0.456 e. The summed E-state index contributed by atoms with van der Waals surface area (Å²) >= 11 is 0. The average molecular weight is 571 g/mol. The van der Waals surface area contributed by atoms with Crippen molar-refractivity contribution in [3.63, 3.8) is 0 Å². The van der Waals surface area contributed by atoms with Gasteiger partial charge in [0, 0.05) is 29.0 Å². The van der Waals surface area contributed by atoms with E-state index in [1.165, 1.54) is 71.8 Å². The van der Waals surface area contributed by atoms with Crippen molar-refractivity contribution in [3.05, 3.63) is 93.0 Å². The van der Waals surface area contributed by atoms with Gasteiger partial charge in [0.2, 0.25) is 0 Å². The minimum absolute atomic E-state index is 0.301. The topological polar surface area (TPSA) is 42.6 Å². The number of ether oxygens (including phenoxy) is 1. The first kappa shape index (κ1) is 27.2. The van der Waals surface area contributed by atoms with Crippen molar-refractivity contribution < 1.29 is 14.3 Å². The second-order valence-electron chi connectivity index (χ2n) is 15.0. The molecule has 3 heteroatoms. The number of hydrogen-bond donors (Lipinski definition) is 1. The lowest BCUT2D eigenvalue weighted by Crippen LogP contribution is -2.26. The molecule has 5 aromatic rings. The molecule has 3 nitrogen and oxygen atoms in total. The number of benzene rings is 4. The third kappa shape index (κ3) is 2.85. The molecule has 1 heterocycles. The lowest BCUT2D eigenvalue weighted by atomic mass is 9.66. The van der Waals surface area contributed by atoms with Crippen LogP contribution in [0.4, 0.5) is 0 Å². The van der Waals surface area contributed by atoms with Gasteiger partial charge in [0.15, 0.2) is 5.79 Å². The van der Waals surface area contributed by atoms with Crippen LogP contribution in [0, 0.1) is 26.7 Å². The first-order chi connectivity index (χ1) is 20.2. The fourth-order valence-corrected chi connectivity index (χ4v) is 9.87. The normalized spacial score (nSPS) is 26.0. The van der Waals surface area contributed by atoms with Crippen LogP contribution < -0.4 is 0 Å². The van der Waals surface area contributed by atoms with E-state index in [0.717, 1.165) is 23.3 Å². The number of fused-ring (bicyclic) bond motifs is 14. The molecule has 3 aliphatic carbocycles. The highest BCUT2D eigenvalue weighted by Crippen LogP contribution is 2.79. The van der Waals surface area contributed by atoms with Gasteiger partial charge < -0.3 is 14.3 Å². The van der Waals surface area contributed by atoms with Crippen LogP contribution in [-0.2, 0) is 27.4 Å². The minimum atomic E-state index is -1.33. The first-order valence-electron chi connectivity index (χ1n) is 15.8. The van der Waals surface area contributed by atoms with Crippen molar-refractivity contribution in [2.75, 3.05) is 7.11 Å². The molecule has 0 saturated heterocycles. The Bertz CT molecular complexity index is 2070. The number of hydrogen-bond acceptors (Lipinski definition) is 3. The van der Waals surface area contributed by atoms with E-state index in [2.05, 4.69) is 111 Å². The quantitative estimate of drug-likeness (QED) is 0.220. The number of methoxy groups -OCH3 is 1. The monoisotopic (exact) mass is 570 g/mol. The maximum absolute atomic E-state index is 12.4. The predicted molar refractivity (Wildman–Crippen MR) is 176 cm³/mol. The summed E-state index contributed by atoms with van der Waals surface area (Å²) < 4.78 is 12.8. The summed E-state index contributed by atoms with van der Waals surface area (Å²) in [5.74, 6) is 0.244. The van der Waals surface area contributed by atoms with Crippen molar-refractivity contribution in [1.82, 2.24) is 0 Å². The van der Waals surface area contributed by atoms with Gasteiger partial charge in [-0.25, -0.2) is 0 Å². The van der Waals surface area contributed by atoms with Gasteiger partial charge in [-0.3, -0.25) is 0 Å². The summed E-state index contributed by atoms with van der Waals surface area (Å²) in [6.07, 6.45) is 1.05. The van der Waals surface area contributed by atoms with E-state index in [1.807, 2.05) is 0 Å². The van der Waals surface area contributed by atoms with Crippen LogP contribution in [0.3, 0.4) is 0 Å². The van der Waals surface area contributed by atoms with Crippen LogP contribution in [0.1, 0.15) is 86.1 Å². The zero-order valence-corrected chi connectivity index (χ0v) is 27.2. The molecule has 1 aromatic heterocycles. The number of aryl methyl sites for hydroxylation is 3. The lowest BCUT2D eigenvalue weighted by molar-refractivity contribution is -0.129. The van der Waals surface area contributed by atoms with E-state index in [-0.39, 0.29) is 5.41 Å². The maximum Gasteiger partial charge on any atom is 0.186 e. The molecule has 220 valence electrons.